The molecule has 1 saturated carbocycles. The average molecular weight is 210 g/mol. The van der Waals surface area contributed by atoms with E-state index in [1.54, 1.807) is 0 Å². The minimum Gasteiger partial charge on any atom is -0.299 e. The first-order chi connectivity index (χ1) is 7.00. The lowest BCUT2D eigenvalue weighted by Crippen LogP contribution is -2.21. The maximum atomic E-state index is 12.0. The summed E-state index contributed by atoms with van der Waals surface area (Å²) in [6, 6.07) is 0. The molecule has 1 aliphatic rings. The zero-order valence-electron chi connectivity index (χ0n) is 10.8. The van der Waals surface area contributed by atoms with Crippen molar-refractivity contribution in [3.05, 3.63) is 0 Å². The second-order valence-electron chi connectivity index (χ2n) is 5.90. The number of ketones is 1. The van der Waals surface area contributed by atoms with Gasteiger partial charge in [0.1, 0.15) is 5.78 Å². The Balaban J connectivity index is 2.40. The molecule has 0 amide bonds. The van der Waals surface area contributed by atoms with Crippen LogP contribution in [0.5, 0.6) is 0 Å². The van der Waals surface area contributed by atoms with Gasteiger partial charge in [-0.25, -0.2) is 0 Å². The summed E-state index contributed by atoms with van der Waals surface area (Å²) in [6.07, 6.45) is 6.22. The van der Waals surface area contributed by atoms with Crippen molar-refractivity contribution >= 4 is 5.78 Å². The zero-order valence-corrected chi connectivity index (χ0v) is 10.8. The van der Waals surface area contributed by atoms with Crippen molar-refractivity contribution in [2.75, 3.05) is 0 Å². The van der Waals surface area contributed by atoms with Crippen LogP contribution in [0.3, 0.4) is 0 Å². The Labute approximate surface area is 94.6 Å². The van der Waals surface area contributed by atoms with Crippen molar-refractivity contribution in [1.82, 2.24) is 0 Å². The maximum Gasteiger partial charge on any atom is 0.138 e. The van der Waals surface area contributed by atoms with Crippen molar-refractivity contribution in [3.63, 3.8) is 0 Å². The van der Waals surface area contributed by atoms with Crippen molar-refractivity contribution in [3.8, 4) is 0 Å². The van der Waals surface area contributed by atoms with Crippen LogP contribution in [-0.4, -0.2) is 5.78 Å². The average Bonchev–Trinajstić information content (AvgIpc) is 2.94. The van der Waals surface area contributed by atoms with E-state index in [0.29, 0.717) is 11.7 Å². The zero-order chi connectivity index (χ0) is 11.4. The number of hydrogen-bond donors (Lipinski definition) is 0. The van der Waals surface area contributed by atoms with E-state index < -0.39 is 0 Å². The van der Waals surface area contributed by atoms with Gasteiger partial charge >= 0.3 is 0 Å². The molecular weight excluding hydrogens is 184 g/mol. The fourth-order valence-electron chi connectivity index (χ4n) is 2.14. The highest BCUT2D eigenvalue weighted by atomic mass is 16.1. The predicted octanol–water partition coefficient (Wildman–Crippen LogP) is 4.06. The Bertz CT molecular complexity index is 201. The normalized spacial score (nSPS) is 18.5. The standard InChI is InChI=1S/C14H26O/c1-10(2)5-8-13(9-12-6-7-12)14(15)11(3)4/h10-13H,5-9H2,1-4H3. The van der Waals surface area contributed by atoms with Gasteiger partial charge in [-0.2, -0.15) is 0 Å². The molecule has 0 aromatic rings. The molecule has 0 aromatic carbocycles. The molecule has 1 aliphatic carbocycles. The highest BCUT2D eigenvalue weighted by Crippen LogP contribution is 2.37. The van der Waals surface area contributed by atoms with Gasteiger partial charge in [-0.3, -0.25) is 4.79 Å². The van der Waals surface area contributed by atoms with Crippen molar-refractivity contribution in [2.24, 2.45) is 23.7 Å². The number of rotatable bonds is 7. The molecule has 0 spiro atoms. The van der Waals surface area contributed by atoms with Crippen LogP contribution in [0.15, 0.2) is 0 Å². The fourth-order valence-corrected chi connectivity index (χ4v) is 2.14. The highest BCUT2D eigenvalue weighted by molar-refractivity contribution is 5.82. The SMILES string of the molecule is CC(C)CCC(CC1CC1)C(=O)C(C)C. The largest absolute Gasteiger partial charge is 0.299 e. The van der Waals surface area contributed by atoms with Crippen LogP contribution in [0.1, 0.15) is 59.8 Å². The lowest BCUT2D eigenvalue weighted by Gasteiger charge is -2.18. The number of hydrogen-bond acceptors (Lipinski definition) is 1. The summed E-state index contributed by atoms with van der Waals surface area (Å²) in [5.74, 6) is 2.69. The van der Waals surface area contributed by atoms with Crippen LogP contribution in [0, 0.1) is 23.7 Å². The van der Waals surface area contributed by atoms with Crippen LogP contribution < -0.4 is 0 Å². The summed E-state index contributed by atoms with van der Waals surface area (Å²) >= 11 is 0. The fraction of sp³-hybridized carbons (Fsp3) is 0.929. The van der Waals surface area contributed by atoms with Gasteiger partial charge in [0.2, 0.25) is 0 Å². The molecule has 0 aliphatic heterocycles. The lowest BCUT2D eigenvalue weighted by atomic mass is 9.85. The monoisotopic (exact) mass is 210 g/mol. The van der Waals surface area contributed by atoms with E-state index in [1.165, 1.54) is 25.7 Å². The third kappa shape index (κ3) is 4.81. The van der Waals surface area contributed by atoms with Crippen LogP contribution >= 0.6 is 0 Å². The van der Waals surface area contributed by atoms with Gasteiger partial charge in [-0.1, -0.05) is 47.0 Å². The second kappa shape index (κ2) is 5.67. The minimum absolute atomic E-state index is 0.223. The Kier molecular flexibility index (Phi) is 4.82. The number of carbonyl (C=O) groups is 1. The van der Waals surface area contributed by atoms with Crippen LogP contribution in [0.25, 0.3) is 0 Å². The number of carbonyl (C=O) groups excluding carboxylic acids is 1. The van der Waals surface area contributed by atoms with Gasteiger partial charge in [0.05, 0.1) is 0 Å². The van der Waals surface area contributed by atoms with E-state index in [-0.39, 0.29) is 5.92 Å². The molecule has 1 unspecified atom stereocenters. The highest BCUT2D eigenvalue weighted by Gasteiger charge is 2.29. The molecule has 0 radical (unpaired) electrons. The summed E-state index contributed by atoms with van der Waals surface area (Å²) in [6.45, 7) is 8.57. The minimum atomic E-state index is 0.223. The molecule has 0 aromatic heterocycles. The third-order valence-corrected chi connectivity index (χ3v) is 3.38. The molecule has 1 heteroatoms. The van der Waals surface area contributed by atoms with E-state index in [2.05, 4.69) is 13.8 Å². The van der Waals surface area contributed by atoms with Crippen molar-refractivity contribution in [2.45, 2.75) is 59.8 Å². The maximum absolute atomic E-state index is 12.0. The summed E-state index contributed by atoms with van der Waals surface area (Å²) in [7, 11) is 0. The summed E-state index contributed by atoms with van der Waals surface area (Å²) in [5, 5.41) is 0. The van der Waals surface area contributed by atoms with E-state index in [4.69, 9.17) is 0 Å². The number of Topliss-reactive ketones (excluding diaryl/α,β-unsaturated/α-hetero) is 1. The molecule has 0 heterocycles. The van der Waals surface area contributed by atoms with Gasteiger partial charge in [-0.15, -0.1) is 0 Å². The van der Waals surface area contributed by atoms with Crippen molar-refractivity contribution in [1.29, 1.82) is 0 Å². The molecule has 0 bridgehead atoms. The smallest absolute Gasteiger partial charge is 0.138 e. The Morgan fingerprint density at radius 2 is 1.73 bits per heavy atom. The molecule has 0 N–H and O–H groups in total. The van der Waals surface area contributed by atoms with Crippen LogP contribution in [0.2, 0.25) is 0 Å². The van der Waals surface area contributed by atoms with E-state index in [9.17, 15) is 4.79 Å². The van der Waals surface area contributed by atoms with Gasteiger partial charge in [0, 0.05) is 11.8 Å². The summed E-state index contributed by atoms with van der Waals surface area (Å²) < 4.78 is 0. The Morgan fingerprint density at radius 3 is 2.13 bits per heavy atom. The lowest BCUT2D eigenvalue weighted by molar-refractivity contribution is -0.126. The van der Waals surface area contributed by atoms with Gasteiger partial charge in [0.15, 0.2) is 0 Å². The van der Waals surface area contributed by atoms with Gasteiger partial charge < -0.3 is 0 Å². The van der Waals surface area contributed by atoms with Crippen molar-refractivity contribution < 1.29 is 4.79 Å². The first-order valence-corrected chi connectivity index (χ1v) is 6.54. The van der Waals surface area contributed by atoms with E-state index in [1.807, 2.05) is 13.8 Å². The Morgan fingerprint density at radius 1 is 1.13 bits per heavy atom. The van der Waals surface area contributed by atoms with E-state index >= 15 is 0 Å². The third-order valence-electron chi connectivity index (χ3n) is 3.38. The molecule has 0 saturated heterocycles. The molecular formula is C14H26O. The first-order valence-electron chi connectivity index (χ1n) is 6.54. The Hall–Kier alpha value is -0.330. The molecule has 1 fully saturated rings. The quantitative estimate of drug-likeness (QED) is 0.619. The molecule has 88 valence electrons. The first kappa shape index (κ1) is 12.7. The molecule has 15 heavy (non-hydrogen) atoms. The molecule has 1 rings (SSSR count). The van der Waals surface area contributed by atoms with E-state index in [0.717, 1.165) is 18.3 Å². The second-order valence-corrected chi connectivity index (χ2v) is 5.90. The molecule has 1 atom stereocenters. The summed E-state index contributed by atoms with van der Waals surface area (Å²) in [4.78, 5) is 12.0. The topological polar surface area (TPSA) is 17.1 Å². The summed E-state index contributed by atoms with van der Waals surface area (Å²) in [5.41, 5.74) is 0. The van der Waals surface area contributed by atoms with Crippen LogP contribution in [0.4, 0.5) is 0 Å². The molecule has 1 nitrogen and oxygen atoms in total. The van der Waals surface area contributed by atoms with Gasteiger partial charge in [-0.05, 0) is 24.7 Å². The van der Waals surface area contributed by atoms with Gasteiger partial charge in [0.25, 0.3) is 0 Å². The van der Waals surface area contributed by atoms with Crippen LogP contribution in [-0.2, 0) is 4.79 Å². The predicted molar refractivity (Wildman–Crippen MR) is 64.7 cm³/mol.